The summed E-state index contributed by atoms with van der Waals surface area (Å²) in [5.74, 6) is -0.834. The molecule has 7 heteroatoms. The summed E-state index contributed by atoms with van der Waals surface area (Å²) in [7, 11) is 0. The smallest absolute Gasteiger partial charge is 0.254 e. The highest BCUT2D eigenvalue weighted by atomic mass is 32.2. The molecule has 0 bridgehead atoms. The highest BCUT2D eigenvalue weighted by Crippen LogP contribution is 2.15. The van der Waals surface area contributed by atoms with Crippen molar-refractivity contribution in [3.05, 3.63) is 51.7 Å². The Morgan fingerprint density at radius 2 is 2.10 bits per heavy atom. The maximum atomic E-state index is 13.4. The van der Waals surface area contributed by atoms with E-state index in [0.717, 1.165) is 11.8 Å². The summed E-state index contributed by atoms with van der Waals surface area (Å²) in [5.41, 5.74) is 1.08. The Morgan fingerprint density at radius 3 is 2.76 bits per heavy atom. The highest BCUT2D eigenvalue weighted by molar-refractivity contribution is 7.99. The monoisotopic (exact) mass is 307 g/mol. The van der Waals surface area contributed by atoms with Crippen LogP contribution in [0.3, 0.4) is 0 Å². The van der Waals surface area contributed by atoms with Crippen LogP contribution in [-0.4, -0.2) is 21.6 Å². The fraction of sp³-hybridized carbons (Fsp3) is 0.214. The van der Waals surface area contributed by atoms with Gasteiger partial charge in [0.05, 0.1) is 11.4 Å². The lowest BCUT2D eigenvalue weighted by atomic mass is 10.3. The van der Waals surface area contributed by atoms with Crippen LogP contribution in [0.1, 0.15) is 11.3 Å². The van der Waals surface area contributed by atoms with E-state index < -0.39 is 5.82 Å². The number of nitrogens with zero attached hydrogens (tertiary/aromatic N) is 1. The lowest BCUT2D eigenvalue weighted by Gasteiger charge is -2.06. The van der Waals surface area contributed by atoms with Crippen LogP contribution < -0.4 is 10.9 Å². The van der Waals surface area contributed by atoms with Crippen LogP contribution >= 0.6 is 11.8 Å². The zero-order chi connectivity index (χ0) is 15.4. The molecule has 0 saturated carbocycles. The molecule has 1 aromatic heterocycles. The number of anilines is 1. The van der Waals surface area contributed by atoms with Gasteiger partial charge in [0, 0.05) is 11.3 Å². The van der Waals surface area contributed by atoms with E-state index >= 15 is 0 Å². The molecule has 2 rings (SSSR count). The molecule has 2 N–H and O–H groups in total. The van der Waals surface area contributed by atoms with Crippen molar-refractivity contribution in [3.63, 3.8) is 0 Å². The number of aryl methyl sites for hydroxylation is 1. The second kappa shape index (κ2) is 6.53. The summed E-state index contributed by atoms with van der Waals surface area (Å²) in [6.45, 7) is 3.41. The maximum absolute atomic E-state index is 13.4. The molecule has 0 aliphatic heterocycles. The van der Waals surface area contributed by atoms with Crippen molar-refractivity contribution >= 4 is 23.4 Å². The van der Waals surface area contributed by atoms with Gasteiger partial charge in [-0.05, 0) is 26.0 Å². The van der Waals surface area contributed by atoms with Gasteiger partial charge in [0.25, 0.3) is 5.56 Å². The Bertz CT molecular complexity index is 730. The first-order chi connectivity index (χ1) is 9.97. The number of halogens is 1. The minimum Gasteiger partial charge on any atom is -0.323 e. The quantitative estimate of drug-likeness (QED) is 0.671. The first-order valence-corrected chi connectivity index (χ1v) is 7.20. The second-order valence-electron chi connectivity index (χ2n) is 4.40. The molecular weight excluding hydrogens is 293 g/mol. The average Bonchev–Trinajstić information content (AvgIpc) is 2.45. The van der Waals surface area contributed by atoms with Gasteiger partial charge in [0.1, 0.15) is 5.82 Å². The topological polar surface area (TPSA) is 74.8 Å². The number of H-pyrrole nitrogens is 1. The van der Waals surface area contributed by atoms with Crippen LogP contribution in [0.25, 0.3) is 0 Å². The predicted octanol–water partition coefficient (Wildman–Crippen LogP) is 2.26. The fourth-order valence-corrected chi connectivity index (χ4v) is 2.28. The van der Waals surface area contributed by atoms with Gasteiger partial charge in [0.15, 0.2) is 5.16 Å². The Labute approximate surface area is 125 Å². The molecule has 0 unspecified atom stereocenters. The molecule has 110 valence electrons. The minimum absolute atomic E-state index is 0.0276. The summed E-state index contributed by atoms with van der Waals surface area (Å²) in [6.07, 6.45) is 0. The van der Waals surface area contributed by atoms with Crippen molar-refractivity contribution in [2.45, 2.75) is 19.0 Å². The summed E-state index contributed by atoms with van der Waals surface area (Å²) < 4.78 is 13.4. The Hall–Kier alpha value is -2.15. The number of aromatic nitrogens is 2. The number of para-hydroxylation sites is 1. The van der Waals surface area contributed by atoms with Crippen molar-refractivity contribution < 1.29 is 9.18 Å². The standard InChI is InChI=1S/C14H14FN3O2S/c1-8-9(2)16-14(18-13(8)20)21-7-12(19)17-11-6-4-3-5-10(11)15/h3-6H,7H2,1-2H3,(H,17,19)(H,16,18,20). The number of aromatic amines is 1. The van der Waals surface area contributed by atoms with Crippen molar-refractivity contribution in [2.24, 2.45) is 0 Å². The molecular formula is C14H14FN3O2S. The molecule has 0 aliphatic carbocycles. The number of rotatable bonds is 4. The highest BCUT2D eigenvalue weighted by Gasteiger charge is 2.09. The minimum atomic E-state index is -0.492. The van der Waals surface area contributed by atoms with Gasteiger partial charge in [-0.15, -0.1) is 0 Å². The normalized spacial score (nSPS) is 10.4. The van der Waals surface area contributed by atoms with E-state index in [2.05, 4.69) is 15.3 Å². The van der Waals surface area contributed by atoms with Gasteiger partial charge in [-0.3, -0.25) is 9.59 Å². The van der Waals surface area contributed by atoms with Gasteiger partial charge in [-0.25, -0.2) is 9.37 Å². The van der Waals surface area contributed by atoms with Gasteiger partial charge in [-0.2, -0.15) is 0 Å². The molecule has 1 amide bonds. The van der Waals surface area contributed by atoms with E-state index in [1.165, 1.54) is 12.1 Å². The van der Waals surface area contributed by atoms with Crippen molar-refractivity contribution in [2.75, 3.05) is 11.1 Å². The fourth-order valence-electron chi connectivity index (χ4n) is 1.57. The van der Waals surface area contributed by atoms with Crippen LogP contribution in [-0.2, 0) is 4.79 Å². The zero-order valence-corrected chi connectivity index (χ0v) is 12.4. The van der Waals surface area contributed by atoms with Crippen LogP contribution in [0.5, 0.6) is 0 Å². The number of benzene rings is 1. The first-order valence-electron chi connectivity index (χ1n) is 6.22. The summed E-state index contributed by atoms with van der Waals surface area (Å²) in [5, 5.41) is 2.83. The molecule has 0 aliphatic rings. The van der Waals surface area contributed by atoms with Gasteiger partial charge < -0.3 is 10.3 Å². The molecule has 0 spiro atoms. The van der Waals surface area contributed by atoms with E-state index in [4.69, 9.17) is 0 Å². The number of carbonyl (C=O) groups is 1. The molecule has 5 nitrogen and oxygen atoms in total. The Balaban J connectivity index is 1.99. The maximum Gasteiger partial charge on any atom is 0.254 e. The molecule has 2 aromatic rings. The third-order valence-corrected chi connectivity index (χ3v) is 3.73. The SMILES string of the molecule is Cc1nc(SCC(=O)Nc2ccccc2F)[nH]c(=O)c1C. The van der Waals surface area contributed by atoms with E-state index in [0.29, 0.717) is 16.4 Å². The Kier molecular flexibility index (Phi) is 4.74. The van der Waals surface area contributed by atoms with E-state index in [9.17, 15) is 14.0 Å². The van der Waals surface area contributed by atoms with Crippen molar-refractivity contribution in [1.82, 2.24) is 9.97 Å². The number of hydrogen-bond acceptors (Lipinski definition) is 4. The third kappa shape index (κ3) is 3.91. The van der Waals surface area contributed by atoms with E-state index in [-0.39, 0.29) is 22.9 Å². The predicted molar refractivity (Wildman–Crippen MR) is 80.1 cm³/mol. The lowest BCUT2D eigenvalue weighted by molar-refractivity contribution is -0.113. The van der Waals surface area contributed by atoms with Crippen LogP contribution in [0.15, 0.2) is 34.2 Å². The summed E-state index contributed by atoms with van der Waals surface area (Å²) in [4.78, 5) is 30.1. The molecule has 0 atom stereocenters. The summed E-state index contributed by atoms with van der Waals surface area (Å²) >= 11 is 1.09. The van der Waals surface area contributed by atoms with Crippen LogP contribution in [0.4, 0.5) is 10.1 Å². The summed E-state index contributed by atoms with van der Waals surface area (Å²) in [6, 6.07) is 5.93. The van der Waals surface area contributed by atoms with Gasteiger partial charge in [-0.1, -0.05) is 23.9 Å². The number of nitrogens with one attached hydrogen (secondary N) is 2. The van der Waals surface area contributed by atoms with Crippen LogP contribution in [0, 0.1) is 19.7 Å². The van der Waals surface area contributed by atoms with Crippen molar-refractivity contribution in [1.29, 1.82) is 0 Å². The zero-order valence-electron chi connectivity index (χ0n) is 11.6. The van der Waals surface area contributed by atoms with E-state index in [1.54, 1.807) is 26.0 Å². The first kappa shape index (κ1) is 15.2. The van der Waals surface area contributed by atoms with Gasteiger partial charge >= 0.3 is 0 Å². The molecule has 0 fully saturated rings. The molecule has 0 saturated heterocycles. The number of carbonyl (C=O) groups excluding carboxylic acids is 1. The third-order valence-electron chi connectivity index (χ3n) is 2.86. The van der Waals surface area contributed by atoms with E-state index in [1.807, 2.05) is 0 Å². The van der Waals surface area contributed by atoms with Crippen LogP contribution in [0.2, 0.25) is 0 Å². The average molecular weight is 307 g/mol. The molecule has 0 radical (unpaired) electrons. The number of thioether (sulfide) groups is 1. The molecule has 21 heavy (non-hydrogen) atoms. The lowest BCUT2D eigenvalue weighted by Crippen LogP contribution is -2.17. The van der Waals surface area contributed by atoms with Gasteiger partial charge in [0.2, 0.25) is 5.91 Å². The molecule has 1 aromatic carbocycles. The second-order valence-corrected chi connectivity index (χ2v) is 5.36. The largest absolute Gasteiger partial charge is 0.323 e. The Morgan fingerprint density at radius 1 is 1.38 bits per heavy atom. The number of amides is 1. The number of hydrogen-bond donors (Lipinski definition) is 2. The van der Waals surface area contributed by atoms with Crippen molar-refractivity contribution in [3.8, 4) is 0 Å². The molecule has 1 heterocycles.